The van der Waals surface area contributed by atoms with Crippen LogP contribution in [0.5, 0.6) is 0 Å². The second-order valence-electron chi connectivity index (χ2n) is 8.12. The van der Waals surface area contributed by atoms with Gasteiger partial charge in [-0.2, -0.15) is 0 Å². The first-order chi connectivity index (χ1) is 12.7. The number of rotatable bonds is 3. The lowest BCUT2D eigenvalue weighted by Gasteiger charge is -2.35. The van der Waals surface area contributed by atoms with Crippen LogP contribution in [0.25, 0.3) is 11.0 Å². The Kier molecular flexibility index (Phi) is 5.75. The minimum atomic E-state index is -0.459. The monoisotopic (exact) mass is 390 g/mol. The van der Waals surface area contributed by atoms with E-state index in [1.165, 1.54) is 0 Å². The molecule has 1 aromatic carbocycles. The number of piperidine rings is 1. The van der Waals surface area contributed by atoms with Crippen molar-refractivity contribution >= 4 is 34.5 Å². The number of ether oxygens (including phenoxy) is 1. The lowest BCUT2D eigenvalue weighted by molar-refractivity contribution is 0.0186. The van der Waals surface area contributed by atoms with Crippen molar-refractivity contribution in [1.82, 2.24) is 14.9 Å². The van der Waals surface area contributed by atoms with Gasteiger partial charge in [0.15, 0.2) is 11.0 Å². The molecule has 0 atom stereocenters. The Bertz CT molecular complexity index is 813. The molecule has 1 aliphatic rings. The minimum absolute atomic E-state index is 0.224. The normalized spacial score (nSPS) is 15.8. The van der Waals surface area contributed by atoms with Crippen molar-refractivity contribution in [2.45, 2.75) is 39.2 Å². The van der Waals surface area contributed by atoms with Gasteiger partial charge in [-0.25, -0.2) is 14.8 Å². The Hall–Kier alpha value is -2.08. The van der Waals surface area contributed by atoms with Gasteiger partial charge in [0.1, 0.15) is 5.60 Å². The molecule has 1 fully saturated rings. The maximum absolute atomic E-state index is 12.2. The first-order valence-electron chi connectivity index (χ1n) is 9.34. The summed E-state index contributed by atoms with van der Waals surface area (Å²) >= 11 is 6.36. The second-order valence-corrected chi connectivity index (χ2v) is 8.48. The molecule has 0 unspecified atom stereocenters. The Balaban J connectivity index is 1.59. The molecule has 0 spiro atoms. The molecule has 0 N–H and O–H groups in total. The number of fused-ring (bicyclic) bond motifs is 1. The van der Waals surface area contributed by atoms with Gasteiger partial charge < -0.3 is 14.5 Å². The molecule has 6 nitrogen and oxygen atoms in total. The number of benzene rings is 1. The van der Waals surface area contributed by atoms with Gasteiger partial charge in [0.2, 0.25) is 0 Å². The number of halogens is 1. The zero-order valence-corrected chi connectivity index (χ0v) is 17.2. The fourth-order valence-electron chi connectivity index (χ4n) is 3.31. The summed E-state index contributed by atoms with van der Waals surface area (Å²) in [5, 5.41) is 0.419. The maximum atomic E-state index is 12.2. The molecule has 2 aromatic rings. The minimum Gasteiger partial charge on any atom is -0.444 e. The van der Waals surface area contributed by atoms with E-state index in [2.05, 4.69) is 14.9 Å². The standard InChI is InChI=1S/C20H27ClN4O2/c1-20(2,3)27-19(26)25-11-9-14(10-12-25)13-24(4)18-17(21)22-15-7-5-6-8-16(15)23-18/h5-8,14H,9-13H2,1-4H3. The number of amides is 1. The van der Waals surface area contributed by atoms with E-state index in [0.717, 1.165) is 30.4 Å². The van der Waals surface area contributed by atoms with Gasteiger partial charge in [-0.1, -0.05) is 23.7 Å². The van der Waals surface area contributed by atoms with Gasteiger partial charge >= 0.3 is 6.09 Å². The van der Waals surface area contributed by atoms with Gasteiger partial charge in [-0.05, 0) is 51.7 Å². The summed E-state index contributed by atoms with van der Waals surface area (Å²) in [5.41, 5.74) is 1.17. The smallest absolute Gasteiger partial charge is 0.410 e. The summed E-state index contributed by atoms with van der Waals surface area (Å²) in [5.74, 6) is 1.17. The highest BCUT2D eigenvalue weighted by Gasteiger charge is 2.27. The second kappa shape index (κ2) is 7.89. The van der Waals surface area contributed by atoms with Crippen LogP contribution in [0.15, 0.2) is 24.3 Å². The van der Waals surface area contributed by atoms with E-state index >= 15 is 0 Å². The molecule has 3 rings (SSSR count). The molecule has 0 saturated carbocycles. The number of likely N-dealkylation sites (tertiary alicyclic amines) is 1. The Morgan fingerprint density at radius 1 is 1.22 bits per heavy atom. The molecular formula is C20H27ClN4O2. The fraction of sp³-hybridized carbons (Fsp3) is 0.550. The zero-order chi connectivity index (χ0) is 19.6. The molecule has 2 heterocycles. The highest BCUT2D eigenvalue weighted by Crippen LogP contribution is 2.27. The van der Waals surface area contributed by atoms with E-state index in [-0.39, 0.29) is 6.09 Å². The molecule has 1 aromatic heterocycles. The van der Waals surface area contributed by atoms with E-state index in [1.54, 1.807) is 4.90 Å². The average molecular weight is 391 g/mol. The fourth-order valence-corrected chi connectivity index (χ4v) is 3.59. The van der Waals surface area contributed by atoms with Crippen LogP contribution >= 0.6 is 11.6 Å². The first-order valence-corrected chi connectivity index (χ1v) is 9.72. The first kappa shape index (κ1) is 19.7. The molecule has 0 bridgehead atoms. The summed E-state index contributed by atoms with van der Waals surface area (Å²) in [7, 11) is 1.99. The van der Waals surface area contributed by atoms with Crippen LogP contribution in [0.2, 0.25) is 5.15 Å². The third-order valence-corrected chi connectivity index (χ3v) is 4.92. The van der Waals surface area contributed by atoms with E-state index in [4.69, 9.17) is 16.3 Å². The van der Waals surface area contributed by atoms with Crippen LogP contribution < -0.4 is 4.90 Å². The molecule has 0 aliphatic carbocycles. The predicted molar refractivity (Wildman–Crippen MR) is 108 cm³/mol. The van der Waals surface area contributed by atoms with Crippen LogP contribution in [0.4, 0.5) is 10.6 Å². The molecule has 0 radical (unpaired) electrons. The van der Waals surface area contributed by atoms with Crippen LogP contribution in [-0.4, -0.2) is 53.2 Å². The largest absolute Gasteiger partial charge is 0.444 e. The number of hydrogen-bond acceptors (Lipinski definition) is 5. The van der Waals surface area contributed by atoms with Crippen LogP contribution in [0.3, 0.4) is 0 Å². The number of anilines is 1. The summed E-state index contributed by atoms with van der Waals surface area (Å²) in [6.07, 6.45) is 1.64. The number of carbonyl (C=O) groups is 1. The van der Waals surface area contributed by atoms with Crippen LogP contribution in [-0.2, 0) is 4.74 Å². The predicted octanol–water partition coefficient (Wildman–Crippen LogP) is 4.37. The van der Waals surface area contributed by atoms with Gasteiger partial charge in [0.05, 0.1) is 11.0 Å². The lowest BCUT2D eigenvalue weighted by atomic mass is 9.96. The summed E-state index contributed by atoms with van der Waals surface area (Å²) in [6.45, 7) is 7.92. The van der Waals surface area contributed by atoms with Gasteiger partial charge in [-0.3, -0.25) is 0 Å². The highest BCUT2D eigenvalue weighted by molar-refractivity contribution is 6.32. The lowest BCUT2D eigenvalue weighted by Crippen LogP contribution is -2.43. The SMILES string of the molecule is CN(CC1CCN(C(=O)OC(C)(C)C)CC1)c1nc2ccccc2nc1Cl. The molecular weight excluding hydrogens is 364 g/mol. The number of nitrogens with zero attached hydrogens (tertiary/aromatic N) is 4. The van der Waals surface area contributed by atoms with Crippen LogP contribution in [0, 0.1) is 5.92 Å². The van der Waals surface area contributed by atoms with E-state index in [1.807, 2.05) is 52.1 Å². The van der Waals surface area contributed by atoms with E-state index in [9.17, 15) is 4.79 Å². The quantitative estimate of drug-likeness (QED) is 0.778. The third-order valence-electron chi connectivity index (χ3n) is 4.67. The molecule has 146 valence electrons. The van der Waals surface area contributed by atoms with Crippen molar-refractivity contribution in [1.29, 1.82) is 0 Å². The average Bonchev–Trinajstić information content (AvgIpc) is 2.60. The Labute approximate surface area is 165 Å². The van der Waals surface area contributed by atoms with Crippen molar-refractivity contribution < 1.29 is 9.53 Å². The topological polar surface area (TPSA) is 58.6 Å². The van der Waals surface area contributed by atoms with E-state index < -0.39 is 5.60 Å². The van der Waals surface area contributed by atoms with Gasteiger partial charge in [0.25, 0.3) is 0 Å². The molecule has 1 amide bonds. The summed E-state index contributed by atoms with van der Waals surface area (Å²) < 4.78 is 5.46. The molecule has 7 heteroatoms. The van der Waals surface area contributed by atoms with Crippen LogP contribution in [0.1, 0.15) is 33.6 Å². The van der Waals surface area contributed by atoms with Crippen molar-refractivity contribution in [2.24, 2.45) is 5.92 Å². The third kappa shape index (κ3) is 5.01. The van der Waals surface area contributed by atoms with Crippen molar-refractivity contribution in [2.75, 3.05) is 31.6 Å². The number of carbonyl (C=O) groups excluding carboxylic acids is 1. The summed E-state index contributed by atoms with van der Waals surface area (Å²) in [4.78, 5) is 25.2. The number of aromatic nitrogens is 2. The Morgan fingerprint density at radius 3 is 2.41 bits per heavy atom. The van der Waals surface area contributed by atoms with Crippen molar-refractivity contribution in [3.63, 3.8) is 0 Å². The molecule has 1 saturated heterocycles. The number of para-hydroxylation sites is 2. The zero-order valence-electron chi connectivity index (χ0n) is 16.4. The highest BCUT2D eigenvalue weighted by atomic mass is 35.5. The summed E-state index contributed by atoms with van der Waals surface area (Å²) in [6, 6.07) is 7.72. The van der Waals surface area contributed by atoms with Gasteiger partial charge in [0, 0.05) is 26.7 Å². The molecule has 27 heavy (non-hydrogen) atoms. The van der Waals surface area contributed by atoms with Gasteiger partial charge in [-0.15, -0.1) is 0 Å². The van der Waals surface area contributed by atoms with E-state index in [0.29, 0.717) is 30.0 Å². The molecule has 1 aliphatic heterocycles. The number of hydrogen-bond donors (Lipinski definition) is 0. The maximum Gasteiger partial charge on any atom is 0.410 e. The van der Waals surface area contributed by atoms with Crippen molar-refractivity contribution in [3.05, 3.63) is 29.4 Å². The van der Waals surface area contributed by atoms with Crippen molar-refractivity contribution in [3.8, 4) is 0 Å². The Morgan fingerprint density at radius 2 is 1.81 bits per heavy atom.